The van der Waals surface area contributed by atoms with Gasteiger partial charge in [0.1, 0.15) is 6.10 Å². The number of ketones is 1. The number of hydrogen-bond acceptors (Lipinski definition) is 9. The number of Topliss-reactive ketones (excluding diaryl/α,β-unsaturated/α-hetero) is 1. The lowest BCUT2D eigenvalue weighted by Gasteiger charge is -2.24. The van der Waals surface area contributed by atoms with Crippen molar-refractivity contribution in [1.29, 1.82) is 0 Å². The Labute approximate surface area is 227 Å². The number of ether oxygens (including phenoxy) is 4. The van der Waals surface area contributed by atoms with Crippen molar-refractivity contribution in [2.45, 2.75) is 52.1 Å². The molecule has 9 nitrogen and oxygen atoms in total. The monoisotopic (exact) mass is 786 g/mol. The highest BCUT2D eigenvalue weighted by molar-refractivity contribution is 14.1. The zero-order chi connectivity index (χ0) is 24.2. The number of rotatable bonds is 9. The minimum Gasteiger partial charge on any atom is -0.465 e. The smallest absolute Gasteiger partial charge is 0.303 e. The first kappa shape index (κ1) is 27.8. The summed E-state index contributed by atoms with van der Waals surface area (Å²) in [5, 5.41) is 3.35. The normalized spacial score (nSPS) is 18.2. The van der Waals surface area contributed by atoms with E-state index in [0.717, 1.165) is 9.26 Å². The van der Waals surface area contributed by atoms with Gasteiger partial charge in [0.2, 0.25) is 0 Å². The van der Waals surface area contributed by atoms with Crippen LogP contribution >= 0.6 is 67.8 Å². The van der Waals surface area contributed by atoms with Crippen LogP contribution < -0.4 is 11.1 Å². The molecule has 1 saturated heterocycles. The third-order valence-corrected chi connectivity index (χ3v) is 7.85. The van der Waals surface area contributed by atoms with Crippen LogP contribution in [0.2, 0.25) is 0 Å². The molecule has 0 amide bonds. The number of carbonyl (C=O) groups is 3. The van der Waals surface area contributed by atoms with Gasteiger partial charge in [-0.05, 0) is 81.6 Å². The molecular formula is C20H25I3N2O7. The van der Waals surface area contributed by atoms with Gasteiger partial charge in [-0.3, -0.25) is 14.4 Å². The minimum absolute atomic E-state index is 0.0966. The Bertz CT molecular complexity index is 908. The van der Waals surface area contributed by atoms with E-state index in [1.807, 2.05) is 13.8 Å². The maximum atomic E-state index is 12.9. The second-order valence-electron chi connectivity index (χ2n) is 7.52. The summed E-state index contributed by atoms with van der Waals surface area (Å²) in [5.41, 5.74) is 8.04. The molecule has 1 heterocycles. The number of anilines is 2. The molecule has 1 aliphatic rings. The molecule has 1 aromatic carbocycles. The van der Waals surface area contributed by atoms with Gasteiger partial charge < -0.3 is 30.0 Å². The second kappa shape index (κ2) is 11.8. The van der Waals surface area contributed by atoms with Gasteiger partial charge in [-0.1, -0.05) is 0 Å². The first-order chi connectivity index (χ1) is 14.8. The van der Waals surface area contributed by atoms with Crippen molar-refractivity contribution in [1.82, 2.24) is 0 Å². The van der Waals surface area contributed by atoms with E-state index in [2.05, 4.69) is 73.1 Å². The molecule has 1 fully saturated rings. The van der Waals surface area contributed by atoms with Crippen molar-refractivity contribution < 1.29 is 33.3 Å². The summed E-state index contributed by atoms with van der Waals surface area (Å²) in [4.78, 5) is 35.8. The molecule has 2 unspecified atom stereocenters. The van der Waals surface area contributed by atoms with E-state index < -0.39 is 29.6 Å². The Kier molecular flexibility index (Phi) is 10.2. The van der Waals surface area contributed by atoms with Crippen LogP contribution in [0, 0.1) is 10.7 Å². The van der Waals surface area contributed by atoms with Crippen LogP contribution in [0.3, 0.4) is 0 Å². The van der Waals surface area contributed by atoms with Crippen LogP contribution in [0.25, 0.3) is 0 Å². The predicted octanol–water partition coefficient (Wildman–Crippen LogP) is 3.77. The number of esters is 2. The summed E-state index contributed by atoms with van der Waals surface area (Å²) >= 11 is 6.31. The second-order valence-corrected chi connectivity index (χ2v) is 10.8. The van der Waals surface area contributed by atoms with Gasteiger partial charge in [0.05, 0.1) is 28.2 Å². The maximum Gasteiger partial charge on any atom is 0.303 e. The third-order valence-electron chi connectivity index (χ3n) is 4.45. The molecule has 2 atom stereocenters. The van der Waals surface area contributed by atoms with Gasteiger partial charge in [0.15, 0.2) is 17.7 Å². The highest BCUT2D eigenvalue weighted by Gasteiger charge is 2.34. The van der Waals surface area contributed by atoms with Gasteiger partial charge in [-0.25, -0.2) is 0 Å². The highest BCUT2D eigenvalue weighted by Crippen LogP contribution is 2.41. The lowest BCUT2D eigenvalue weighted by molar-refractivity contribution is -0.154. The SMILES string of the molecule is CC(=O)OCCC(=O)C(OC(C)=O)c1c(I)c(N)c(I)c(NCC2COC(C)(C)O2)c1I. The lowest BCUT2D eigenvalue weighted by Crippen LogP contribution is -2.27. The fourth-order valence-corrected chi connectivity index (χ4v) is 7.16. The van der Waals surface area contributed by atoms with Crippen molar-refractivity contribution in [3.8, 4) is 0 Å². The first-order valence-electron chi connectivity index (χ1n) is 9.68. The number of benzene rings is 1. The molecule has 0 spiro atoms. The molecular weight excluding hydrogens is 761 g/mol. The van der Waals surface area contributed by atoms with Gasteiger partial charge >= 0.3 is 11.9 Å². The zero-order valence-electron chi connectivity index (χ0n) is 18.1. The van der Waals surface area contributed by atoms with Crippen molar-refractivity contribution in [2.24, 2.45) is 0 Å². The van der Waals surface area contributed by atoms with Gasteiger partial charge in [-0.15, -0.1) is 0 Å². The highest BCUT2D eigenvalue weighted by atomic mass is 127. The van der Waals surface area contributed by atoms with E-state index in [1.165, 1.54) is 13.8 Å². The molecule has 0 aliphatic carbocycles. The van der Waals surface area contributed by atoms with Crippen LogP contribution in [-0.4, -0.2) is 49.4 Å². The van der Waals surface area contributed by atoms with E-state index in [0.29, 0.717) is 31.5 Å². The number of halogens is 3. The Morgan fingerprint density at radius 1 is 1.16 bits per heavy atom. The average Bonchev–Trinajstić information content (AvgIpc) is 3.03. The van der Waals surface area contributed by atoms with E-state index in [9.17, 15) is 14.4 Å². The van der Waals surface area contributed by atoms with Gasteiger partial charge in [-0.2, -0.15) is 0 Å². The molecule has 0 radical (unpaired) electrons. The van der Waals surface area contributed by atoms with Gasteiger partial charge in [0.25, 0.3) is 0 Å². The summed E-state index contributed by atoms with van der Waals surface area (Å²) < 4.78 is 23.8. The summed E-state index contributed by atoms with van der Waals surface area (Å²) in [5.74, 6) is -2.12. The number of hydrogen-bond donors (Lipinski definition) is 2. The van der Waals surface area contributed by atoms with E-state index in [4.69, 9.17) is 24.7 Å². The molecule has 0 saturated carbocycles. The van der Waals surface area contributed by atoms with Crippen LogP contribution in [0.15, 0.2) is 0 Å². The van der Waals surface area contributed by atoms with Crippen molar-refractivity contribution in [2.75, 3.05) is 30.8 Å². The molecule has 178 valence electrons. The van der Waals surface area contributed by atoms with Crippen LogP contribution in [0.1, 0.15) is 45.8 Å². The Morgan fingerprint density at radius 3 is 2.34 bits per heavy atom. The van der Waals surface area contributed by atoms with Crippen molar-refractivity contribution >= 4 is 96.9 Å². The Morgan fingerprint density at radius 2 is 1.81 bits per heavy atom. The number of nitrogens with two attached hydrogens (primary N) is 1. The predicted molar refractivity (Wildman–Crippen MR) is 143 cm³/mol. The first-order valence-corrected chi connectivity index (χ1v) is 12.9. The average molecular weight is 786 g/mol. The molecule has 3 N–H and O–H groups in total. The molecule has 12 heteroatoms. The standard InChI is InChI=1S/C20H25I3N2O7/c1-9(26)29-6-5-12(28)19(31-10(2)27)13-14(21)17(24)16(23)18(15(13)22)25-7-11-8-30-20(3,4)32-11/h11,19,25H,5-8,24H2,1-4H3. The van der Waals surface area contributed by atoms with Crippen LogP contribution in [0.5, 0.6) is 0 Å². The third kappa shape index (κ3) is 7.27. The fourth-order valence-electron chi connectivity index (χ4n) is 3.05. The fraction of sp³-hybridized carbons (Fsp3) is 0.550. The van der Waals surface area contributed by atoms with E-state index in [-0.39, 0.29) is 19.1 Å². The molecule has 2 rings (SSSR count). The Hall–Kier alpha value is -0.460. The number of nitrogens with one attached hydrogen (secondary N) is 1. The summed E-state index contributed by atoms with van der Waals surface area (Å²) in [7, 11) is 0. The number of nitrogen functional groups attached to an aromatic ring is 1. The van der Waals surface area contributed by atoms with Crippen molar-refractivity contribution in [3.05, 3.63) is 16.3 Å². The van der Waals surface area contributed by atoms with Gasteiger partial charge in [0, 0.05) is 39.5 Å². The van der Waals surface area contributed by atoms with Crippen LogP contribution in [0.4, 0.5) is 11.4 Å². The minimum atomic E-state index is -1.17. The topological polar surface area (TPSA) is 126 Å². The summed E-state index contributed by atoms with van der Waals surface area (Å²) in [6, 6.07) is 0. The Balaban J connectivity index is 2.37. The molecule has 32 heavy (non-hydrogen) atoms. The molecule has 0 bridgehead atoms. The van der Waals surface area contributed by atoms with E-state index >= 15 is 0 Å². The summed E-state index contributed by atoms with van der Waals surface area (Å²) in [6.45, 7) is 7.02. The lowest BCUT2D eigenvalue weighted by atomic mass is 10.0. The maximum absolute atomic E-state index is 12.9. The number of carbonyl (C=O) groups excluding carboxylic acids is 3. The quantitative estimate of drug-likeness (QED) is 0.219. The zero-order valence-corrected chi connectivity index (χ0v) is 24.5. The van der Waals surface area contributed by atoms with E-state index in [1.54, 1.807) is 0 Å². The van der Waals surface area contributed by atoms with Crippen LogP contribution in [-0.2, 0) is 33.3 Å². The molecule has 1 aromatic rings. The molecule has 0 aromatic heterocycles. The summed E-state index contributed by atoms with van der Waals surface area (Å²) in [6.07, 6.45) is -1.43. The largest absolute Gasteiger partial charge is 0.465 e. The van der Waals surface area contributed by atoms with Crippen molar-refractivity contribution in [3.63, 3.8) is 0 Å². The molecule has 1 aliphatic heterocycles.